The summed E-state index contributed by atoms with van der Waals surface area (Å²) in [6.45, 7) is 0.0862. The molecule has 0 radical (unpaired) electrons. The van der Waals surface area contributed by atoms with Gasteiger partial charge in [-0.15, -0.1) is 0 Å². The minimum Gasteiger partial charge on any atom is -0.326 e. The fourth-order valence-corrected chi connectivity index (χ4v) is 4.79. The van der Waals surface area contributed by atoms with E-state index in [2.05, 4.69) is 5.32 Å². The molecule has 26 heavy (non-hydrogen) atoms. The molecular formula is C18H19N3O5. The molecule has 1 heterocycles. The van der Waals surface area contributed by atoms with Gasteiger partial charge >= 0.3 is 0 Å². The van der Waals surface area contributed by atoms with E-state index in [1.807, 2.05) is 0 Å². The smallest absolute Gasteiger partial charge is 0.269 e. The van der Waals surface area contributed by atoms with Crippen LogP contribution in [0.2, 0.25) is 0 Å². The van der Waals surface area contributed by atoms with Gasteiger partial charge in [-0.1, -0.05) is 0 Å². The van der Waals surface area contributed by atoms with Crippen LogP contribution >= 0.6 is 0 Å². The molecular weight excluding hydrogens is 338 g/mol. The second-order valence-corrected chi connectivity index (χ2v) is 7.32. The van der Waals surface area contributed by atoms with Crippen molar-refractivity contribution in [2.24, 2.45) is 23.7 Å². The predicted molar refractivity (Wildman–Crippen MR) is 90.9 cm³/mol. The van der Waals surface area contributed by atoms with Gasteiger partial charge < -0.3 is 5.32 Å². The Morgan fingerprint density at radius 1 is 1.12 bits per heavy atom. The number of nitro groups is 1. The first-order valence-electron chi connectivity index (χ1n) is 8.85. The van der Waals surface area contributed by atoms with Crippen LogP contribution in [-0.4, -0.2) is 34.1 Å². The number of amides is 3. The van der Waals surface area contributed by atoms with Gasteiger partial charge in [0.05, 0.1) is 16.8 Å². The Bertz CT molecular complexity index is 763. The molecule has 1 saturated heterocycles. The van der Waals surface area contributed by atoms with Gasteiger partial charge in [0.2, 0.25) is 17.7 Å². The number of anilines is 1. The number of hydrogen-bond acceptors (Lipinski definition) is 5. The molecule has 4 rings (SSSR count). The molecule has 0 aromatic heterocycles. The number of benzene rings is 1. The molecule has 0 spiro atoms. The zero-order chi connectivity index (χ0) is 18.4. The standard InChI is InChI=1S/C18H19N3O5/c22-14(19-12-3-5-13(6-4-12)21(25)26)7-8-20-17(23)15-10-1-2-11(9-10)16(15)18(20)24/h3-6,10-11,15-16H,1-2,7-9H2,(H,19,22)/t10-,11-,15+,16+/m0/s1. The van der Waals surface area contributed by atoms with Crippen molar-refractivity contribution in [3.63, 3.8) is 0 Å². The van der Waals surface area contributed by atoms with E-state index >= 15 is 0 Å². The third-order valence-corrected chi connectivity index (χ3v) is 5.94. The lowest BCUT2D eigenvalue weighted by Gasteiger charge is -2.19. The lowest BCUT2D eigenvalue weighted by molar-refractivity contribution is -0.384. The van der Waals surface area contributed by atoms with Crippen LogP contribution in [0.25, 0.3) is 0 Å². The minimum atomic E-state index is -0.514. The summed E-state index contributed by atoms with van der Waals surface area (Å²) in [5, 5.41) is 13.3. The quantitative estimate of drug-likeness (QED) is 0.492. The molecule has 1 aromatic rings. The van der Waals surface area contributed by atoms with Crippen molar-refractivity contribution >= 4 is 29.1 Å². The highest BCUT2D eigenvalue weighted by Crippen LogP contribution is 2.56. The number of carbonyl (C=O) groups excluding carboxylic acids is 3. The van der Waals surface area contributed by atoms with Gasteiger partial charge in [-0.25, -0.2) is 0 Å². The van der Waals surface area contributed by atoms with Gasteiger partial charge in [0.25, 0.3) is 5.69 Å². The summed E-state index contributed by atoms with van der Waals surface area (Å²) in [5.41, 5.74) is 0.381. The molecule has 3 amide bonds. The Morgan fingerprint density at radius 2 is 1.69 bits per heavy atom. The van der Waals surface area contributed by atoms with Crippen LogP contribution < -0.4 is 5.32 Å². The van der Waals surface area contributed by atoms with Crippen LogP contribution in [-0.2, 0) is 14.4 Å². The highest BCUT2D eigenvalue weighted by molar-refractivity contribution is 6.06. The van der Waals surface area contributed by atoms with Crippen molar-refractivity contribution in [1.29, 1.82) is 0 Å². The number of likely N-dealkylation sites (tertiary alicyclic amines) is 1. The molecule has 8 nitrogen and oxygen atoms in total. The van der Waals surface area contributed by atoms with E-state index in [1.165, 1.54) is 29.2 Å². The second-order valence-electron chi connectivity index (χ2n) is 7.32. The van der Waals surface area contributed by atoms with Crippen LogP contribution in [0.4, 0.5) is 11.4 Å². The van der Waals surface area contributed by atoms with Crippen molar-refractivity contribution in [3.8, 4) is 0 Å². The first kappa shape index (κ1) is 16.7. The number of fused-ring (bicyclic) bond motifs is 5. The summed E-state index contributed by atoms with van der Waals surface area (Å²) < 4.78 is 0. The van der Waals surface area contributed by atoms with E-state index < -0.39 is 4.92 Å². The average Bonchev–Trinajstić information content (AvgIpc) is 3.28. The number of rotatable bonds is 5. The van der Waals surface area contributed by atoms with Gasteiger partial charge in [0.1, 0.15) is 0 Å². The molecule has 2 saturated carbocycles. The Labute approximate surface area is 149 Å². The second kappa shape index (κ2) is 6.19. The van der Waals surface area contributed by atoms with Crippen LogP contribution in [0.3, 0.4) is 0 Å². The molecule has 3 aliphatic rings. The van der Waals surface area contributed by atoms with Gasteiger partial charge in [0.15, 0.2) is 0 Å². The number of hydrogen-bond donors (Lipinski definition) is 1. The molecule has 4 atom stereocenters. The topological polar surface area (TPSA) is 110 Å². The molecule has 2 aliphatic carbocycles. The largest absolute Gasteiger partial charge is 0.326 e. The monoisotopic (exact) mass is 357 g/mol. The molecule has 8 heteroatoms. The first-order chi connectivity index (χ1) is 12.5. The van der Waals surface area contributed by atoms with E-state index in [9.17, 15) is 24.5 Å². The summed E-state index contributed by atoms with van der Waals surface area (Å²) >= 11 is 0. The Balaban J connectivity index is 1.34. The Hall–Kier alpha value is -2.77. The molecule has 1 aliphatic heterocycles. The molecule has 1 aromatic carbocycles. The van der Waals surface area contributed by atoms with Gasteiger partial charge in [-0.05, 0) is 43.2 Å². The highest BCUT2D eigenvalue weighted by Gasteiger charge is 2.60. The number of nitrogens with one attached hydrogen (secondary N) is 1. The highest BCUT2D eigenvalue weighted by atomic mass is 16.6. The lowest BCUT2D eigenvalue weighted by Crippen LogP contribution is -2.35. The maximum atomic E-state index is 12.6. The van der Waals surface area contributed by atoms with Crippen molar-refractivity contribution in [1.82, 2.24) is 4.90 Å². The Morgan fingerprint density at radius 3 is 2.23 bits per heavy atom. The van der Waals surface area contributed by atoms with E-state index in [-0.39, 0.29) is 48.2 Å². The maximum absolute atomic E-state index is 12.6. The third-order valence-electron chi connectivity index (χ3n) is 5.94. The normalized spacial score (nSPS) is 29.2. The number of non-ortho nitro benzene ring substituents is 1. The number of nitro benzene ring substituents is 1. The van der Waals surface area contributed by atoms with E-state index in [0.29, 0.717) is 17.5 Å². The molecule has 0 unspecified atom stereocenters. The number of imide groups is 1. The van der Waals surface area contributed by atoms with Crippen LogP contribution in [0, 0.1) is 33.8 Å². The van der Waals surface area contributed by atoms with Crippen molar-refractivity contribution in [3.05, 3.63) is 34.4 Å². The number of nitrogens with zero attached hydrogens (tertiary/aromatic N) is 2. The summed E-state index contributed by atoms with van der Waals surface area (Å²) in [6.07, 6.45) is 3.06. The fourth-order valence-electron chi connectivity index (χ4n) is 4.79. The summed E-state index contributed by atoms with van der Waals surface area (Å²) in [5.74, 6) is -0.233. The molecule has 2 bridgehead atoms. The minimum absolute atomic E-state index is 0.0171. The van der Waals surface area contributed by atoms with Crippen molar-refractivity contribution < 1.29 is 19.3 Å². The van der Waals surface area contributed by atoms with Crippen LogP contribution in [0.5, 0.6) is 0 Å². The summed E-state index contributed by atoms with van der Waals surface area (Å²) in [6, 6.07) is 5.51. The first-order valence-corrected chi connectivity index (χ1v) is 8.85. The summed E-state index contributed by atoms with van der Waals surface area (Å²) in [4.78, 5) is 48.6. The van der Waals surface area contributed by atoms with E-state index in [0.717, 1.165) is 19.3 Å². The maximum Gasteiger partial charge on any atom is 0.269 e. The Kier molecular flexibility index (Phi) is 3.97. The van der Waals surface area contributed by atoms with Gasteiger partial charge in [-0.3, -0.25) is 29.4 Å². The van der Waals surface area contributed by atoms with Crippen molar-refractivity contribution in [2.45, 2.75) is 25.7 Å². The van der Waals surface area contributed by atoms with E-state index in [4.69, 9.17) is 0 Å². The molecule has 3 fully saturated rings. The van der Waals surface area contributed by atoms with Crippen LogP contribution in [0.1, 0.15) is 25.7 Å². The van der Waals surface area contributed by atoms with Crippen molar-refractivity contribution in [2.75, 3.05) is 11.9 Å². The SMILES string of the molecule is O=C(CCN1C(=O)[C@@H]2[C@H]3CC[C@@H](C3)[C@H]2C1=O)Nc1ccc([N+](=O)[O-])cc1. The van der Waals surface area contributed by atoms with E-state index in [1.54, 1.807) is 0 Å². The van der Waals surface area contributed by atoms with Crippen LogP contribution in [0.15, 0.2) is 24.3 Å². The zero-order valence-electron chi connectivity index (χ0n) is 14.1. The molecule has 1 N–H and O–H groups in total. The predicted octanol–water partition coefficient (Wildman–Crippen LogP) is 1.95. The zero-order valence-corrected chi connectivity index (χ0v) is 14.1. The van der Waals surface area contributed by atoms with Gasteiger partial charge in [0, 0.05) is 30.8 Å². The molecule has 136 valence electrons. The average molecular weight is 357 g/mol. The number of carbonyl (C=O) groups is 3. The lowest BCUT2D eigenvalue weighted by atomic mass is 9.81. The van der Waals surface area contributed by atoms with Gasteiger partial charge in [-0.2, -0.15) is 0 Å². The third kappa shape index (κ3) is 2.65. The fraction of sp³-hybridized carbons (Fsp3) is 0.500. The summed E-state index contributed by atoms with van der Waals surface area (Å²) in [7, 11) is 0.